The number of nitrogens with one attached hydrogen (secondary N) is 1. The quantitative estimate of drug-likeness (QED) is 0.366. The van der Waals surface area contributed by atoms with Crippen LogP contribution in [0.3, 0.4) is 0 Å². The average Bonchev–Trinajstić information content (AvgIpc) is 3.16. The van der Waals surface area contributed by atoms with Gasteiger partial charge in [0.05, 0.1) is 11.8 Å². The van der Waals surface area contributed by atoms with Crippen molar-refractivity contribution in [3.63, 3.8) is 0 Å². The molecule has 0 aliphatic rings. The van der Waals surface area contributed by atoms with Crippen molar-refractivity contribution in [1.29, 1.82) is 0 Å². The van der Waals surface area contributed by atoms with Crippen LogP contribution >= 0.6 is 27.3 Å². The third kappa shape index (κ3) is 4.44. The van der Waals surface area contributed by atoms with Crippen molar-refractivity contribution in [3.05, 3.63) is 74.4 Å². The number of anilines is 1. The van der Waals surface area contributed by atoms with Crippen LogP contribution in [0.25, 0.3) is 22.2 Å². The summed E-state index contributed by atoms with van der Waals surface area (Å²) in [6.07, 6.45) is 0.103. The summed E-state index contributed by atoms with van der Waals surface area (Å²) in [7, 11) is 0. The fourth-order valence-corrected chi connectivity index (χ4v) is 3.95. The Labute approximate surface area is 184 Å². The molecule has 2 aromatic heterocycles. The maximum absolute atomic E-state index is 12.6. The van der Waals surface area contributed by atoms with Crippen LogP contribution < -0.4 is 15.7 Å². The Morgan fingerprint density at radius 2 is 1.93 bits per heavy atom. The average molecular weight is 485 g/mol. The van der Waals surface area contributed by atoms with Crippen LogP contribution in [0.1, 0.15) is 24.2 Å². The molecule has 1 N–H and O–H groups in total. The second-order valence-corrected chi connectivity index (χ2v) is 8.59. The van der Waals surface area contributed by atoms with E-state index >= 15 is 0 Å². The highest BCUT2D eigenvalue weighted by Gasteiger charge is 2.16. The number of halogens is 1. The molecule has 0 fully saturated rings. The summed E-state index contributed by atoms with van der Waals surface area (Å²) < 4.78 is 11.7. The molecule has 4 rings (SSSR count). The van der Waals surface area contributed by atoms with E-state index in [1.807, 2.05) is 43.5 Å². The lowest BCUT2D eigenvalue weighted by atomic mass is 10.2. The SMILES string of the molecule is CC(C)Oc1ccc(-c2csc(NC(=O)c3cc4cc(Br)ccc4oc3=O)n2)cc1. The van der Waals surface area contributed by atoms with E-state index in [1.165, 1.54) is 17.4 Å². The van der Waals surface area contributed by atoms with E-state index in [-0.39, 0.29) is 11.7 Å². The molecule has 0 radical (unpaired) electrons. The van der Waals surface area contributed by atoms with Crippen LogP contribution in [0.2, 0.25) is 0 Å². The first-order valence-electron chi connectivity index (χ1n) is 9.16. The van der Waals surface area contributed by atoms with Gasteiger partial charge in [0, 0.05) is 20.8 Å². The van der Waals surface area contributed by atoms with Crippen molar-refractivity contribution in [2.24, 2.45) is 0 Å². The number of benzene rings is 2. The molecule has 0 saturated heterocycles. The minimum atomic E-state index is -0.695. The van der Waals surface area contributed by atoms with Gasteiger partial charge in [-0.3, -0.25) is 10.1 Å². The lowest BCUT2D eigenvalue weighted by molar-refractivity contribution is 0.102. The Bertz CT molecular complexity index is 1280. The van der Waals surface area contributed by atoms with Crippen LogP contribution in [0.4, 0.5) is 5.13 Å². The molecule has 0 bridgehead atoms. The number of hydrogen-bond acceptors (Lipinski definition) is 6. The van der Waals surface area contributed by atoms with E-state index in [2.05, 4.69) is 26.2 Å². The molecule has 152 valence electrons. The lowest BCUT2D eigenvalue weighted by Crippen LogP contribution is -2.20. The summed E-state index contributed by atoms with van der Waals surface area (Å²) in [5.74, 6) is 0.222. The maximum atomic E-state index is 12.6. The molecule has 30 heavy (non-hydrogen) atoms. The molecule has 0 unspecified atom stereocenters. The highest BCUT2D eigenvalue weighted by Crippen LogP contribution is 2.27. The number of thiazole rings is 1. The zero-order valence-electron chi connectivity index (χ0n) is 16.1. The summed E-state index contributed by atoms with van der Waals surface area (Å²) in [5, 5.41) is 5.56. The Kier molecular flexibility index (Phi) is 5.69. The number of rotatable bonds is 5. The molecular formula is C22H17BrN2O4S. The van der Waals surface area contributed by atoms with Gasteiger partial charge < -0.3 is 9.15 Å². The van der Waals surface area contributed by atoms with Gasteiger partial charge >= 0.3 is 5.63 Å². The maximum Gasteiger partial charge on any atom is 0.349 e. The number of aromatic nitrogens is 1. The lowest BCUT2D eigenvalue weighted by Gasteiger charge is -2.09. The van der Waals surface area contributed by atoms with Crippen LogP contribution in [0.5, 0.6) is 5.75 Å². The zero-order valence-corrected chi connectivity index (χ0v) is 18.5. The molecule has 2 aromatic carbocycles. The molecule has 4 aromatic rings. The summed E-state index contributed by atoms with van der Waals surface area (Å²) in [4.78, 5) is 29.3. The number of amides is 1. The first-order chi connectivity index (χ1) is 14.4. The van der Waals surface area contributed by atoms with Crippen molar-refractivity contribution < 1.29 is 13.9 Å². The third-order valence-corrected chi connectivity index (χ3v) is 5.44. The number of ether oxygens (including phenoxy) is 1. The van der Waals surface area contributed by atoms with E-state index in [9.17, 15) is 9.59 Å². The molecule has 0 spiro atoms. The van der Waals surface area contributed by atoms with Gasteiger partial charge in [-0.15, -0.1) is 11.3 Å². The Hall–Kier alpha value is -2.97. The molecule has 8 heteroatoms. The van der Waals surface area contributed by atoms with Crippen molar-refractivity contribution >= 4 is 49.3 Å². The van der Waals surface area contributed by atoms with Crippen LogP contribution in [-0.4, -0.2) is 17.0 Å². The molecule has 2 heterocycles. The molecule has 6 nitrogen and oxygen atoms in total. The molecule has 0 aliphatic carbocycles. The fourth-order valence-electron chi connectivity index (χ4n) is 2.86. The van der Waals surface area contributed by atoms with Gasteiger partial charge in [0.2, 0.25) is 0 Å². The van der Waals surface area contributed by atoms with E-state index in [1.54, 1.807) is 18.2 Å². The standard InChI is InChI=1S/C22H17BrN2O4S/c1-12(2)28-16-6-3-13(4-7-16)18-11-30-22(24-18)25-20(26)17-10-14-9-15(23)5-8-19(14)29-21(17)27/h3-12H,1-2H3,(H,24,25,26). The van der Waals surface area contributed by atoms with Gasteiger partial charge in [-0.05, 0) is 62.4 Å². The van der Waals surface area contributed by atoms with Crippen LogP contribution in [0.15, 0.2) is 67.6 Å². The molecule has 0 saturated carbocycles. The first kappa shape index (κ1) is 20.3. The number of carbonyl (C=O) groups is 1. The minimum Gasteiger partial charge on any atom is -0.491 e. The summed E-state index contributed by atoms with van der Waals surface area (Å²) in [5.41, 5.74) is 1.27. The number of nitrogens with zero attached hydrogens (tertiary/aromatic N) is 1. The molecular weight excluding hydrogens is 468 g/mol. The largest absolute Gasteiger partial charge is 0.491 e. The van der Waals surface area contributed by atoms with E-state index in [0.717, 1.165) is 21.5 Å². The third-order valence-electron chi connectivity index (χ3n) is 4.19. The predicted molar refractivity (Wildman–Crippen MR) is 121 cm³/mol. The second-order valence-electron chi connectivity index (χ2n) is 6.81. The van der Waals surface area contributed by atoms with E-state index in [4.69, 9.17) is 9.15 Å². The first-order valence-corrected chi connectivity index (χ1v) is 10.8. The highest BCUT2D eigenvalue weighted by molar-refractivity contribution is 9.10. The number of fused-ring (bicyclic) bond motifs is 1. The Morgan fingerprint density at radius 1 is 1.17 bits per heavy atom. The monoisotopic (exact) mass is 484 g/mol. The highest BCUT2D eigenvalue weighted by atomic mass is 79.9. The van der Waals surface area contributed by atoms with Gasteiger partial charge in [-0.25, -0.2) is 9.78 Å². The molecule has 0 atom stereocenters. The van der Waals surface area contributed by atoms with Crippen molar-refractivity contribution in [1.82, 2.24) is 4.98 Å². The Morgan fingerprint density at radius 3 is 2.67 bits per heavy atom. The molecule has 0 aliphatic heterocycles. The smallest absolute Gasteiger partial charge is 0.349 e. The molecule has 1 amide bonds. The number of hydrogen-bond donors (Lipinski definition) is 1. The predicted octanol–water partition coefficient (Wildman–Crippen LogP) is 5.72. The van der Waals surface area contributed by atoms with Crippen molar-refractivity contribution in [2.45, 2.75) is 20.0 Å². The minimum absolute atomic E-state index is 0.0764. The normalized spacial score (nSPS) is 11.1. The number of carbonyl (C=O) groups excluding carboxylic acids is 1. The summed E-state index contributed by atoms with van der Waals surface area (Å²) in [6.45, 7) is 3.94. The topological polar surface area (TPSA) is 81.4 Å². The van der Waals surface area contributed by atoms with Crippen molar-refractivity contribution in [3.8, 4) is 17.0 Å². The van der Waals surface area contributed by atoms with Gasteiger partial charge in [-0.2, -0.15) is 0 Å². The van der Waals surface area contributed by atoms with Crippen LogP contribution in [-0.2, 0) is 0 Å². The zero-order chi connectivity index (χ0) is 21.3. The van der Waals surface area contributed by atoms with Crippen LogP contribution in [0, 0.1) is 0 Å². The fraction of sp³-hybridized carbons (Fsp3) is 0.136. The Balaban J connectivity index is 1.53. The van der Waals surface area contributed by atoms with Crippen molar-refractivity contribution in [2.75, 3.05) is 5.32 Å². The summed E-state index contributed by atoms with van der Waals surface area (Å²) in [6, 6.07) is 14.3. The summed E-state index contributed by atoms with van der Waals surface area (Å²) >= 11 is 4.65. The van der Waals surface area contributed by atoms with Gasteiger partial charge in [0.15, 0.2) is 5.13 Å². The second kappa shape index (κ2) is 8.41. The van der Waals surface area contributed by atoms with Gasteiger partial charge in [0.1, 0.15) is 16.9 Å². The van der Waals surface area contributed by atoms with Gasteiger partial charge in [-0.1, -0.05) is 15.9 Å². The van der Waals surface area contributed by atoms with E-state index < -0.39 is 11.5 Å². The van der Waals surface area contributed by atoms with Gasteiger partial charge in [0.25, 0.3) is 5.91 Å². The van der Waals surface area contributed by atoms with E-state index in [0.29, 0.717) is 16.1 Å².